The number of phenolic OH excluding ortho intramolecular Hbond substituents is 1. The van der Waals surface area contributed by atoms with Gasteiger partial charge >= 0.3 is 0 Å². The van der Waals surface area contributed by atoms with E-state index >= 15 is 0 Å². The summed E-state index contributed by atoms with van der Waals surface area (Å²) in [6.45, 7) is 4.73. The standard InChI is InChI=1S/C21H21N3O/c1-15-22-20-11-12-24(13-16-5-3-2-4-6-16)14-19(20)21(23-15)17-7-9-18(25)10-8-17/h2-10,25H,11-14H2,1H3. The van der Waals surface area contributed by atoms with Gasteiger partial charge in [-0.1, -0.05) is 30.3 Å². The van der Waals surface area contributed by atoms with E-state index in [1.54, 1.807) is 12.1 Å². The van der Waals surface area contributed by atoms with Crippen molar-refractivity contribution in [1.82, 2.24) is 14.9 Å². The highest BCUT2D eigenvalue weighted by atomic mass is 16.3. The van der Waals surface area contributed by atoms with Gasteiger partial charge in [0.05, 0.1) is 11.4 Å². The summed E-state index contributed by atoms with van der Waals surface area (Å²) in [5.41, 5.74) is 5.70. The van der Waals surface area contributed by atoms with Crippen LogP contribution in [0.1, 0.15) is 22.6 Å². The molecule has 25 heavy (non-hydrogen) atoms. The zero-order chi connectivity index (χ0) is 17.2. The van der Waals surface area contributed by atoms with Gasteiger partial charge in [-0.25, -0.2) is 9.97 Å². The van der Waals surface area contributed by atoms with Crippen LogP contribution in [0.5, 0.6) is 5.75 Å². The molecule has 0 spiro atoms. The summed E-state index contributed by atoms with van der Waals surface area (Å²) >= 11 is 0. The van der Waals surface area contributed by atoms with Crippen LogP contribution in [-0.2, 0) is 19.5 Å². The maximum absolute atomic E-state index is 9.56. The second-order valence-electron chi connectivity index (χ2n) is 6.54. The first-order chi connectivity index (χ1) is 12.2. The van der Waals surface area contributed by atoms with Crippen LogP contribution < -0.4 is 0 Å². The second kappa shape index (κ2) is 6.65. The molecule has 0 unspecified atom stereocenters. The lowest BCUT2D eigenvalue weighted by atomic mass is 9.98. The Hall–Kier alpha value is -2.72. The molecular weight excluding hydrogens is 310 g/mol. The summed E-state index contributed by atoms with van der Waals surface area (Å²) < 4.78 is 0. The molecule has 0 fully saturated rings. The molecule has 1 aromatic heterocycles. The molecule has 0 saturated carbocycles. The van der Waals surface area contributed by atoms with Crippen LogP contribution in [0.2, 0.25) is 0 Å². The maximum atomic E-state index is 9.56. The Morgan fingerprint density at radius 2 is 1.76 bits per heavy atom. The van der Waals surface area contributed by atoms with Crippen LogP contribution >= 0.6 is 0 Å². The van der Waals surface area contributed by atoms with Crippen LogP contribution in [0.25, 0.3) is 11.3 Å². The van der Waals surface area contributed by atoms with E-state index in [0.717, 1.165) is 48.8 Å². The predicted octanol–water partition coefficient (Wildman–Crippen LogP) is 3.72. The normalized spacial score (nSPS) is 14.3. The van der Waals surface area contributed by atoms with Crippen molar-refractivity contribution in [3.05, 3.63) is 77.2 Å². The van der Waals surface area contributed by atoms with Crippen LogP contribution in [0.4, 0.5) is 0 Å². The van der Waals surface area contributed by atoms with Crippen molar-refractivity contribution in [2.45, 2.75) is 26.4 Å². The molecule has 1 N–H and O–H groups in total. The molecule has 2 heterocycles. The van der Waals surface area contributed by atoms with Gasteiger partial charge in [-0.05, 0) is 36.8 Å². The van der Waals surface area contributed by atoms with Crippen molar-refractivity contribution in [3.63, 3.8) is 0 Å². The van der Waals surface area contributed by atoms with Gasteiger partial charge in [0.1, 0.15) is 11.6 Å². The number of aryl methyl sites for hydroxylation is 1. The van der Waals surface area contributed by atoms with Gasteiger partial charge in [0, 0.05) is 37.2 Å². The fourth-order valence-corrected chi connectivity index (χ4v) is 3.43. The van der Waals surface area contributed by atoms with Crippen molar-refractivity contribution in [2.24, 2.45) is 0 Å². The summed E-state index contributed by atoms with van der Waals surface area (Å²) in [6.07, 6.45) is 0.941. The molecule has 1 aliphatic heterocycles. The van der Waals surface area contributed by atoms with Crippen molar-refractivity contribution < 1.29 is 5.11 Å². The summed E-state index contributed by atoms with van der Waals surface area (Å²) in [5, 5.41) is 9.56. The Bertz CT molecular complexity index is 876. The van der Waals surface area contributed by atoms with E-state index in [4.69, 9.17) is 4.98 Å². The lowest BCUT2D eigenvalue weighted by molar-refractivity contribution is 0.243. The molecule has 126 valence electrons. The molecule has 2 aromatic carbocycles. The molecule has 3 aromatic rings. The Morgan fingerprint density at radius 1 is 1.00 bits per heavy atom. The number of aromatic hydroxyl groups is 1. The quantitative estimate of drug-likeness (QED) is 0.795. The third kappa shape index (κ3) is 3.39. The molecule has 0 radical (unpaired) electrons. The van der Waals surface area contributed by atoms with Crippen LogP contribution in [0, 0.1) is 6.92 Å². The van der Waals surface area contributed by atoms with Crippen LogP contribution in [-0.4, -0.2) is 26.5 Å². The molecule has 4 rings (SSSR count). The highest BCUT2D eigenvalue weighted by Gasteiger charge is 2.22. The summed E-state index contributed by atoms with van der Waals surface area (Å²) in [4.78, 5) is 11.8. The lowest BCUT2D eigenvalue weighted by Crippen LogP contribution is -2.31. The van der Waals surface area contributed by atoms with Gasteiger partial charge in [-0.2, -0.15) is 0 Å². The van der Waals surface area contributed by atoms with Gasteiger partial charge in [0.25, 0.3) is 0 Å². The molecule has 0 saturated heterocycles. The third-order valence-electron chi connectivity index (χ3n) is 4.64. The topological polar surface area (TPSA) is 49.3 Å². The minimum absolute atomic E-state index is 0.272. The smallest absolute Gasteiger partial charge is 0.126 e. The largest absolute Gasteiger partial charge is 0.508 e. The number of phenols is 1. The Morgan fingerprint density at radius 3 is 2.52 bits per heavy atom. The zero-order valence-electron chi connectivity index (χ0n) is 14.3. The minimum atomic E-state index is 0.272. The molecule has 1 aliphatic rings. The maximum Gasteiger partial charge on any atom is 0.126 e. The minimum Gasteiger partial charge on any atom is -0.508 e. The molecule has 0 amide bonds. The average molecular weight is 331 g/mol. The molecule has 0 atom stereocenters. The monoisotopic (exact) mass is 331 g/mol. The number of aromatic nitrogens is 2. The van der Waals surface area contributed by atoms with Gasteiger partial charge in [-0.15, -0.1) is 0 Å². The number of benzene rings is 2. The van der Waals surface area contributed by atoms with Crippen molar-refractivity contribution in [3.8, 4) is 17.0 Å². The van der Waals surface area contributed by atoms with Crippen molar-refractivity contribution in [1.29, 1.82) is 0 Å². The zero-order valence-corrected chi connectivity index (χ0v) is 14.3. The first-order valence-electron chi connectivity index (χ1n) is 8.61. The number of hydrogen-bond acceptors (Lipinski definition) is 4. The van der Waals surface area contributed by atoms with Gasteiger partial charge < -0.3 is 5.11 Å². The molecule has 0 bridgehead atoms. The Labute approximate surface area is 147 Å². The SMILES string of the molecule is Cc1nc2c(c(-c3ccc(O)cc3)n1)CN(Cc1ccccc1)CC2. The van der Waals surface area contributed by atoms with E-state index in [9.17, 15) is 5.11 Å². The lowest BCUT2D eigenvalue weighted by Gasteiger charge is -2.29. The van der Waals surface area contributed by atoms with E-state index in [0.29, 0.717) is 0 Å². The summed E-state index contributed by atoms with van der Waals surface area (Å²) in [5.74, 6) is 1.08. The van der Waals surface area contributed by atoms with E-state index < -0.39 is 0 Å². The highest BCUT2D eigenvalue weighted by molar-refractivity contribution is 5.65. The van der Waals surface area contributed by atoms with Crippen LogP contribution in [0.3, 0.4) is 0 Å². The average Bonchev–Trinajstić information content (AvgIpc) is 2.63. The molecule has 0 aliphatic carbocycles. The van der Waals surface area contributed by atoms with E-state index in [1.807, 2.05) is 19.1 Å². The predicted molar refractivity (Wildman–Crippen MR) is 98.1 cm³/mol. The molecule has 4 nitrogen and oxygen atoms in total. The Balaban J connectivity index is 1.67. The summed E-state index contributed by atoms with van der Waals surface area (Å²) in [7, 11) is 0. The summed E-state index contributed by atoms with van der Waals surface area (Å²) in [6, 6.07) is 17.8. The fourth-order valence-electron chi connectivity index (χ4n) is 3.43. The molecule has 4 heteroatoms. The number of nitrogens with zero attached hydrogens (tertiary/aromatic N) is 3. The molecular formula is C21H21N3O. The fraction of sp³-hybridized carbons (Fsp3) is 0.238. The first kappa shape index (κ1) is 15.8. The van der Waals surface area contributed by atoms with E-state index in [1.165, 1.54) is 11.1 Å². The van der Waals surface area contributed by atoms with Gasteiger partial charge in [0.2, 0.25) is 0 Å². The Kier molecular flexibility index (Phi) is 4.20. The van der Waals surface area contributed by atoms with Gasteiger partial charge in [-0.3, -0.25) is 4.90 Å². The van der Waals surface area contributed by atoms with Gasteiger partial charge in [0.15, 0.2) is 0 Å². The number of fused-ring (bicyclic) bond motifs is 1. The highest BCUT2D eigenvalue weighted by Crippen LogP contribution is 2.29. The third-order valence-corrected chi connectivity index (χ3v) is 4.64. The first-order valence-corrected chi connectivity index (χ1v) is 8.61. The second-order valence-corrected chi connectivity index (χ2v) is 6.54. The van der Waals surface area contributed by atoms with E-state index in [2.05, 4.69) is 40.2 Å². The van der Waals surface area contributed by atoms with Crippen molar-refractivity contribution in [2.75, 3.05) is 6.54 Å². The number of rotatable bonds is 3. The van der Waals surface area contributed by atoms with Crippen LogP contribution in [0.15, 0.2) is 54.6 Å². The van der Waals surface area contributed by atoms with E-state index in [-0.39, 0.29) is 5.75 Å². The number of hydrogen-bond donors (Lipinski definition) is 1. The van der Waals surface area contributed by atoms with Crippen molar-refractivity contribution >= 4 is 0 Å².